The van der Waals surface area contributed by atoms with Crippen LogP contribution in [0.1, 0.15) is 32.6 Å². The minimum absolute atomic E-state index is 0.00463. The van der Waals surface area contributed by atoms with Crippen LogP contribution in [0, 0.1) is 5.92 Å². The fourth-order valence-corrected chi connectivity index (χ4v) is 3.00. The first-order chi connectivity index (χ1) is 10.9. The van der Waals surface area contributed by atoms with E-state index in [0.29, 0.717) is 6.42 Å². The van der Waals surface area contributed by atoms with Crippen molar-refractivity contribution < 1.29 is 19.6 Å². The molecule has 0 aromatic carbocycles. The van der Waals surface area contributed by atoms with E-state index in [1.165, 1.54) is 19.2 Å². The van der Waals surface area contributed by atoms with Gasteiger partial charge in [0, 0.05) is 30.5 Å². The molecular weight excluding hydrogens is 320 g/mol. The molecule has 1 fully saturated rings. The van der Waals surface area contributed by atoms with Gasteiger partial charge in [-0.25, -0.2) is 4.98 Å². The number of carbonyl (C=O) groups is 2. The first-order valence-corrected chi connectivity index (χ1v) is 7.84. The molecule has 9 heteroatoms. The third-order valence-electron chi connectivity index (χ3n) is 3.87. The van der Waals surface area contributed by atoms with Crippen molar-refractivity contribution in [1.82, 2.24) is 10.3 Å². The summed E-state index contributed by atoms with van der Waals surface area (Å²) in [5.74, 6) is -0.310. The van der Waals surface area contributed by atoms with E-state index in [0.717, 1.165) is 19.3 Å². The number of nitrogens with zero attached hydrogens (tertiary/aromatic N) is 1. The average molecular weight is 340 g/mol. The molecule has 2 amide bonds. The molecule has 7 nitrogen and oxygen atoms in total. The lowest BCUT2D eigenvalue weighted by Gasteiger charge is -2.28. The van der Waals surface area contributed by atoms with Crippen LogP contribution in [-0.2, 0) is 9.59 Å². The Bertz CT molecular complexity index is 599. The van der Waals surface area contributed by atoms with Crippen molar-refractivity contribution in [3.8, 4) is 0 Å². The molecule has 2 rings (SSSR count). The third kappa shape index (κ3) is 4.92. The van der Waals surface area contributed by atoms with E-state index in [1.807, 2.05) is 0 Å². The zero-order chi connectivity index (χ0) is 17.0. The summed E-state index contributed by atoms with van der Waals surface area (Å²) in [5.41, 5.74) is 0.0803. The lowest BCUT2D eigenvalue weighted by molar-refractivity contribution is -0.123. The Balaban J connectivity index is 2.01. The largest absolute Gasteiger partial charge is 0.490 e. The molecule has 0 radical (unpaired) electrons. The van der Waals surface area contributed by atoms with Gasteiger partial charge < -0.3 is 20.7 Å². The summed E-state index contributed by atoms with van der Waals surface area (Å²) in [6.45, 7) is 1.46. The van der Waals surface area contributed by atoms with E-state index in [2.05, 4.69) is 15.6 Å². The van der Waals surface area contributed by atoms with Crippen LogP contribution in [0.5, 0.6) is 0 Å². The monoisotopic (exact) mass is 339 g/mol. The van der Waals surface area contributed by atoms with E-state index in [1.54, 1.807) is 0 Å². The van der Waals surface area contributed by atoms with E-state index >= 15 is 0 Å². The molecular formula is C14H19BClN3O4. The molecule has 0 saturated heterocycles. The zero-order valence-electron chi connectivity index (χ0n) is 12.8. The van der Waals surface area contributed by atoms with Crippen molar-refractivity contribution in [3.63, 3.8) is 0 Å². The number of aromatic nitrogens is 1. The predicted molar refractivity (Wildman–Crippen MR) is 87.3 cm³/mol. The minimum Gasteiger partial charge on any atom is -0.423 e. The maximum atomic E-state index is 12.3. The van der Waals surface area contributed by atoms with Crippen molar-refractivity contribution in [2.75, 3.05) is 5.32 Å². The standard InChI is InChI=1S/C14H19BClN3O4/c1-8(20)18-10-4-2-3-9(5-10)14(21)19-13-6-11(15(22)23)12(16)7-17-13/h6-7,9-10,22-23H,2-5H2,1H3,(H,18,20)(H,17,19,21)/t9-,10+/m0/s1. The van der Waals surface area contributed by atoms with Crippen molar-refractivity contribution in [3.05, 3.63) is 17.3 Å². The van der Waals surface area contributed by atoms with Gasteiger partial charge >= 0.3 is 7.12 Å². The van der Waals surface area contributed by atoms with Gasteiger partial charge in [0.1, 0.15) is 5.82 Å². The molecule has 1 aliphatic rings. The van der Waals surface area contributed by atoms with Crippen LogP contribution in [0.3, 0.4) is 0 Å². The summed E-state index contributed by atoms with van der Waals surface area (Å²) in [5, 5.41) is 24.1. The third-order valence-corrected chi connectivity index (χ3v) is 4.18. The lowest BCUT2D eigenvalue weighted by Crippen LogP contribution is -2.40. The number of pyridine rings is 1. The highest BCUT2D eigenvalue weighted by Crippen LogP contribution is 2.25. The van der Waals surface area contributed by atoms with Gasteiger partial charge in [0.25, 0.3) is 0 Å². The van der Waals surface area contributed by atoms with Gasteiger partial charge in [-0.2, -0.15) is 0 Å². The molecule has 1 aliphatic carbocycles. The Morgan fingerprint density at radius 3 is 2.78 bits per heavy atom. The smallest absolute Gasteiger partial charge is 0.423 e. The average Bonchev–Trinajstić information content (AvgIpc) is 2.48. The quantitative estimate of drug-likeness (QED) is 0.579. The first kappa shape index (κ1) is 17.7. The Morgan fingerprint density at radius 1 is 1.39 bits per heavy atom. The van der Waals surface area contributed by atoms with Crippen LogP contribution in [0.4, 0.5) is 5.82 Å². The molecule has 124 valence electrons. The molecule has 0 unspecified atom stereocenters. The van der Waals surface area contributed by atoms with Crippen molar-refractivity contribution in [2.45, 2.75) is 38.6 Å². The molecule has 2 atom stereocenters. The fourth-order valence-electron chi connectivity index (χ4n) is 2.80. The second kappa shape index (κ2) is 7.76. The number of halogens is 1. The van der Waals surface area contributed by atoms with Crippen LogP contribution >= 0.6 is 11.6 Å². The Morgan fingerprint density at radius 2 is 2.13 bits per heavy atom. The van der Waals surface area contributed by atoms with Gasteiger partial charge in [-0.15, -0.1) is 0 Å². The van der Waals surface area contributed by atoms with Gasteiger partial charge in [-0.1, -0.05) is 18.0 Å². The molecule has 23 heavy (non-hydrogen) atoms. The first-order valence-electron chi connectivity index (χ1n) is 7.46. The Labute approximate surface area is 139 Å². The number of hydrogen-bond donors (Lipinski definition) is 4. The van der Waals surface area contributed by atoms with Gasteiger partial charge in [0.15, 0.2) is 0 Å². The van der Waals surface area contributed by atoms with Gasteiger partial charge in [0.05, 0.1) is 5.02 Å². The Kier molecular flexibility index (Phi) is 5.98. The van der Waals surface area contributed by atoms with Gasteiger partial charge in [-0.05, 0) is 25.3 Å². The molecule has 1 aromatic rings. The SMILES string of the molecule is CC(=O)N[C@@H]1CCC[C@H](C(=O)Nc2cc(B(O)O)c(Cl)cn2)C1. The molecule has 1 heterocycles. The number of anilines is 1. The summed E-state index contributed by atoms with van der Waals surface area (Å²) in [6.07, 6.45) is 4.30. The second-order valence-corrected chi connectivity index (χ2v) is 6.12. The van der Waals surface area contributed by atoms with Crippen LogP contribution < -0.4 is 16.1 Å². The summed E-state index contributed by atoms with van der Waals surface area (Å²) in [7, 11) is -1.74. The van der Waals surface area contributed by atoms with Gasteiger partial charge in [0.2, 0.25) is 11.8 Å². The van der Waals surface area contributed by atoms with Gasteiger partial charge in [-0.3, -0.25) is 9.59 Å². The van der Waals surface area contributed by atoms with Crippen LogP contribution in [-0.4, -0.2) is 40.0 Å². The Hall–Kier alpha value is -1.64. The van der Waals surface area contributed by atoms with E-state index in [9.17, 15) is 19.6 Å². The number of carbonyl (C=O) groups excluding carboxylic acids is 2. The molecule has 0 bridgehead atoms. The van der Waals surface area contributed by atoms with E-state index in [4.69, 9.17) is 11.6 Å². The number of rotatable bonds is 4. The molecule has 0 spiro atoms. The highest BCUT2D eigenvalue weighted by Gasteiger charge is 2.28. The summed E-state index contributed by atoms with van der Waals surface area (Å²) >= 11 is 5.81. The second-order valence-electron chi connectivity index (χ2n) is 5.71. The number of nitrogens with one attached hydrogen (secondary N) is 2. The topological polar surface area (TPSA) is 112 Å². The van der Waals surface area contributed by atoms with Crippen molar-refractivity contribution >= 4 is 41.8 Å². The van der Waals surface area contributed by atoms with Crippen molar-refractivity contribution in [1.29, 1.82) is 0 Å². The summed E-state index contributed by atoms with van der Waals surface area (Å²) in [6, 6.07) is 1.34. The van der Waals surface area contributed by atoms with Crippen molar-refractivity contribution in [2.24, 2.45) is 5.92 Å². The molecule has 4 N–H and O–H groups in total. The molecule has 0 aliphatic heterocycles. The van der Waals surface area contributed by atoms with Crippen LogP contribution in [0.2, 0.25) is 5.02 Å². The van der Waals surface area contributed by atoms with Crippen LogP contribution in [0.15, 0.2) is 12.3 Å². The minimum atomic E-state index is -1.74. The van der Waals surface area contributed by atoms with Crippen LogP contribution in [0.25, 0.3) is 0 Å². The predicted octanol–water partition coefficient (Wildman–Crippen LogP) is 0.0482. The summed E-state index contributed by atoms with van der Waals surface area (Å²) in [4.78, 5) is 27.4. The molecule has 1 aromatic heterocycles. The highest BCUT2D eigenvalue weighted by molar-refractivity contribution is 6.62. The maximum absolute atomic E-state index is 12.3. The maximum Gasteiger partial charge on any atom is 0.490 e. The zero-order valence-corrected chi connectivity index (χ0v) is 13.5. The number of hydrogen-bond acceptors (Lipinski definition) is 5. The normalized spacial score (nSPS) is 20.7. The summed E-state index contributed by atoms with van der Waals surface area (Å²) < 4.78 is 0. The van der Waals surface area contributed by atoms with E-state index in [-0.39, 0.29) is 40.1 Å². The number of amides is 2. The lowest BCUT2D eigenvalue weighted by atomic mass is 9.81. The fraction of sp³-hybridized carbons (Fsp3) is 0.500. The molecule has 1 saturated carbocycles. The highest BCUT2D eigenvalue weighted by atomic mass is 35.5. The van der Waals surface area contributed by atoms with E-state index < -0.39 is 7.12 Å².